The first-order valence-corrected chi connectivity index (χ1v) is 12.7. The lowest BCUT2D eigenvalue weighted by molar-refractivity contribution is 0.923. The van der Waals surface area contributed by atoms with Crippen molar-refractivity contribution in [3.8, 4) is 11.1 Å². The molecule has 0 aromatic heterocycles. The van der Waals surface area contributed by atoms with Gasteiger partial charge in [-0.2, -0.15) is 0 Å². The molecule has 3 nitrogen and oxygen atoms in total. The molecule has 4 aromatic carbocycles. The van der Waals surface area contributed by atoms with E-state index in [0.29, 0.717) is 11.8 Å². The molecule has 0 amide bonds. The predicted molar refractivity (Wildman–Crippen MR) is 158 cm³/mol. The van der Waals surface area contributed by atoms with Crippen LogP contribution in [0.2, 0.25) is 0 Å². The van der Waals surface area contributed by atoms with Crippen molar-refractivity contribution in [3.05, 3.63) is 143 Å². The molecule has 3 heteroatoms. The molecule has 37 heavy (non-hydrogen) atoms. The van der Waals surface area contributed by atoms with Gasteiger partial charge in [-0.3, -0.25) is 0 Å². The maximum Gasteiger partial charge on any atom is 0.159 e. The van der Waals surface area contributed by atoms with Gasteiger partial charge in [0.25, 0.3) is 0 Å². The summed E-state index contributed by atoms with van der Waals surface area (Å²) in [7, 11) is 0. The maximum atomic E-state index is 4.85. The highest BCUT2D eigenvalue weighted by molar-refractivity contribution is 6.06. The summed E-state index contributed by atoms with van der Waals surface area (Å²) < 4.78 is 0. The number of aliphatic imine (C=N–C) groups is 2. The number of hydrogen-bond acceptors (Lipinski definition) is 2. The Kier molecular flexibility index (Phi) is 7.23. The number of allylic oxidation sites excluding steroid dienone is 2. The molecule has 0 saturated heterocycles. The van der Waals surface area contributed by atoms with E-state index in [1.54, 1.807) is 0 Å². The standard InChI is InChI=1S/C34H31N3/c1-24-10-9-23-36-33(24)31-13-7-8-14-32(31)34(35-3)37-30-21-19-29(20-22-30)28-17-15-27(16-18-28)25(2)26-11-5-4-6-12-26/h4-22,25,36H,3,23H2,1-2H3. The second kappa shape index (κ2) is 11.0. The summed E-state index contributed by atoms with van der Waals surface area (Å²) in [5.41, 5.74) is 10.2. The Morgan fingerprint density at radius 1 is 0.784 bits per heavy atom. The number of nitrogens with zero attached hydrogens (tertiary/aromatic N) is 2. The average Bonchev–Trinajstić information content (AvgIpc) is 2.97. The Balaban J connectivity index is 1.39. The summed E-state index contributed by atoms with van der Waals surface area (Å²) in [6, 6.07) is 36.0. The molecule has 0 saturated carbocycles. The van der Waals surface area contributed by atoms with E-state index in [9.17, 15) is 0 Å². The van der Waals surface area contributed by atoms with E-state index < -0.39 is 0 Å². The van der Waals surface area contributed by atoms with Crippen molar-refractivity contribution in [1.82, 2.24) is 5.32 Å². The molecule has 1 heterocycles. The fraction of sp³-hybridized carbons (Fsp3) is 0.118. The minimum absolute atomic E-state index is 0.360. The third-order valence-corrected chi connectivity index (χ3v) is 6.89. The maximum absolute atomic E-state index is 4.85. The zero-order chi connectivity index (χ0) is 25.6. The van der Waals surface area contributed by atoms with Gasteiger partial charge in [0, 0.05) is 29.3 Å². The number of dihydropyridines is 1. The van der Waals surface area contributed by atoms with E-state index in [1.165, 1.54) is 22.3 Å². The van der Waals surface area contributed by atoms with Gasteiger partial charge in [-0.15, -0.1) is 0 Å². The lowest BCUT2D eigenvalue weighted by atomic mass is 9.92. The van der Waals surface area contributed by atoms with Crippen LogP contribution in [0, 0.1) is 0 Å². The van der Waals surface area contributed by atoms with E-state index in [1.807, 2.05) is 24.3 Å². The highest BCUT2D eigenvalue weighted by Crippen LogP contribution is 2.29. The van der Waals surface area contributed by atoms with Crippen molar-refractivity contribution in [2.24, 2.45) is 9.98 Å². The molecule has 1 aliphatic rings. The van der Waals surface area contributed by atoms with E-state index in [-0.39, 0.29) is 0 Å². The molecule has 0 bridgehead atoms. The zero-order valence-corrected chi connectivity index (χ0v) is 21.4. The van der Waals surface area contributed by atoms with Gasteiger partial charge in [0.05, 0.1) is 5.69 Å². The lowest BCUT2D eigenvalue weighted by Gasteiger charge is -2.19. The molecule has 4 aromatic rings. The number of benzene rings is 4. The first-order chi connectivity index (χ1) is 18.1. The molecule has 1 N–H and O–H groups in total. The normalized spacial score (nSPS) is 14.3. The predicted octanol–water partition coefficient (Wildman–Crippen LogP) is 8.17. The van der Waals surface area contributed by atoms with Crippen LogP contribution in [0.15, 0.2) is 131 Å². The number of nitrogens with one attached hydrogen (secondary N) is 1. The number of amidine groups is 1. The van der Waals surface area contributed by atoms with Crippen LogP contribution in [-0.2, 0) is 0 Å². The molecular weight excluding hydrogens is 450 g/mol. The van der Waals surface area contributed by atoms with E-state index >= 15 is 0 Å². The highest BCUT2D eigenvalue weighted by atomic mass is 14.9. The fourth-order valence-electron chi connectivity index (χ4n) is 4.75. The minimum Gasteiger partial charge on any atom is -0.381 e. The number of hydrogen-bond donors (Lipinski definition) is 1. The first-order valence-electron chi connectivity index (χ1n) is 12.7. The topological polar surface area (TPSA) is 36.8 Å². The van der Waals surface area contributed by atoms with E-state index in [4.69, 9.17) is 4.99 Å². The van der Waals surface area contributed by atoms with Crippen molar-refractivity contribution in [2.45, 2.75) is 19.8 Å². The monoisotopic (exact) mass is 481 g/mol. The van der Waals surface area contributed by atoms with Crippen LogP contribution < -0.4 is 5.32 Å². The summed E-state index contributed by atoms with van der Waals surface area (Å²) in [4.78, 5) is 9.15. The Morgan fingerprint density at radius 2 is 1.41 bits per heavy atom. The van der Waals surface area contributed by atoms with Crippen molar-refractivity contribution < 1.29 is 0 Å². The highest BCUT2D eigenvalue weighted by Gasteiger charge is 2.15. The number of rotatable bonds is 6. The third kappa shape index (κ3) is 5.36. The average molecular weight is 482 g/mol. The van der Waals surface area contributed by atoms with Gasteiger partial charge < -0.3 is 5.32 Å². The largest absolute Gasteiger partial charge is 0.381 e. The SMILES string of the molecule is C=NC(=Nc1ccc(-c2ccc(C(C)c3ccccc3)cc2)cc1)c1ccccc1C1=C(C)C=CCN1. The molecular formula is C34H31N3. The van der Waals surface area contributed by atoms with Crippen LogP contribution in [0.5, 0.6) is 0 Å². The fourth-order valence-corrected chi connectivity index (χ4v) is 4.75. The van der Waals surface area contributed by atoms with Crippen LogP contribution >= 0.6 is 0 Å². The lowest BCUT2D eigenvalue weighted by Crippen LogP contribution is -2.18. The Bertz CT molecular complexity index is 1470. The summed E-state index contributed by atoms with van der Waals surface area (Å²) in [6.07, 6.45) is 4.27. The van der Waals surface area contributed by atoms with Gasteiger partial charge in [0.1, 0.15) is 0 Å². The molecule has 0 spiro atoms. The van der Waals surface area contributed by atoms with Gasteiger partial charge in [-0.25, -0.2) is 9.98 Å². The van der Waals surface area contributed by atoms with Gasteiger partial charge in [0.2, 0.25) is 0 Å². The summed E-state index contributed by atoms with van der Waals surface area (Å²) >= 11 is 0. The van der Waals surface area contributed by atoms with Crippen LogP contribution in [0.25, 0.3) is 16.8 Å². The van der Waals surface area contributed by atoms with Gasteiger partial charge in [-0.1, -0.05) is 110 Å². The smallest absolute Gasteiger partial charge is 0.159 e. The molecule has 1 atom stereocenters. The third-order valence-electron chi connectivity index (χ3n) is 6.89. The first kappa shape index (κ1) is 24.2. The summed E-state index contributed by atoms with van der Waals surface area (Å²) in [5, 5.41) is 3.49. The van der Waals surface area contributed by atoms with Crippen LogP contribution in [0.3, 0.4) is 0 Å². The second-order valence-corrected chi connectivity index (χ2v) is 9.28. The molecule has 0 fully saturated rings. The van der Waals surface area contributed by atoms with Crippen molar-refractivity contribution in [3.63, 3.8) is 0 Å². The van der Waals surface area contributed by atoms with Crippen LogP contribution in [0.4, 0.5) is 5.69 Å². The Morgan fingerprint density at radius 3 is 2.08 bits per heavy atom. The van der Waals surface area contributed by atoms with Gasteiger partial charge >= 0.3 is 0 Å². The van der Waals surface area contributed by atoms with Crippen molar-refractivity contribution in [2.75, 3.05) is 6.54 Å². The zero-order valence-electron chi connectivity index (χ0n) is 21.4. The molecule has 182 valence electrons. The molecule has 5 rings (SSSR count). The molecule has 0 radical (unpaired) electrons. The van der Waals surface area contributed by atoms with Crippen LogP contribution in [-0.4, -0.2) is 19.1 Å². The Labute approximate surface area is 219 Å². The van der Waals surface area contributed by atoms with E-state index in [2.05, 4.69) is 122 Å². The summed E-state index contributed by atoms with van der Waals surface area (Å²) in [5.74, 6) is 0.971. The minimum atomic E-state index is 0.360. The van der Waals surface area contributed by atoms with Gasteiger partial charge in [-0.05, 0) is 53.6 Å². The molecule has 0 aliphatic carbocycles. The van der Waals surface area contributed by atoms with Crippen LogP contribution in [0.1, 0.15) is 42.0 Å². The molecule has 1 aliphatic heterocycles. The summed E-state index contributed by atoms with van der Waals surface area (Å²) in [6.45, 7) is 8.99. The molecule has 1 unspecified atom stereocenters. The van der Waals surface area contributed by atoms with Crippen molar-refractivity contribution >= 4 is 23.9 Å². The van der Waals surface area contributed by atoms with Gasteiger partial charge in [0.15, 0.2) is 5.84 Å². The van der Waals surface area contributed by atoms with E-state index in [0.717, 1.165) is 34.6 Å². The quantitative estimate of drug-likeness (QED) is 0.219. The Hall–Kier alpha value is -4.50. The van der Waals surface area contributed by atoms with Crippen molar-refractivity contribution in [1.29, 1.82) is 0 Å². The second-order valence-electron chi connectivity index (χ2n) is 9.28.